The quantitative estimate of drug-likeness (QED) is 0.564. The van der Waals surface area contributed by atoms with Gasteiger partial charge in [0.25, 0.3) is 0 Å². The minimum absolute atomic E-state index is 0.782. The van der Waals surface area contributed by atoms with Crippen molar-refractivity contribution in [2.75, 3.05) is 26.3 Å². The first-order valence-corrected chi connectivity index (χ1v) is 9.53. The van der Waals surface area contributed by atoms with Gasteiger partial charge in [-0.2, -0.15) is 0 Å². The van der Waals surface area contributed by atoms with Gasteiger partial charge in [-0.1, -0.05) is 68.3 Å². The number of halogens is 2. The van der Waals surface area contributed by atoms with Crippen LogP contribution in [0.1, 0.15) is 11.1 Å². The second kappa shape index (κ2) is 8.65. The molecule has 1 fully saturated rings. The second-order valence-electron chi connectivity index (χ2n) is 5.57. The number of morpholine rings is 1. The van der Waals surface area contributed by atoms with Gasteiger partial charge in [0.05, 0.1) is 13.2 Å². The van der Waals surface area contributed by atoms with Crippen molar-refractivity contribution >= 4 is 43.6 Å². The lowest BCUT2D eigenvalue weighted by atomic mass is 10.1. The Kier molecular flexibility index (Phi) is 6.30. The topological polar surface area (TPSA) is 12.5 Å². The predicted molar refractivity (Wildman–Crippen MR) is 108 cm³/mol. The smallest absolute Gasteiger partial charge is 0.0642 e. The Morgan fingerprint density at radius 3 is 2.08 bits per heavy atom. The summed E-state index contributed by atoms with van der Waals surface area (Å²) in [6.07, 6.45) is 6.44. The van der Waals surface area contributed by atoms with Crippen LogP contribution in [0, 0.1) is 0 Å². The number of nitrogens with zero attached hydrogens (tertiary/aromatic N) is 1. The van der Waals surface area contributed by atoms with E-state index in [4.69, 9.17) is 4.74 Å². The Balaban J connectivity index is 1.85. The van der Waals surface area contributed by atoms with E-state index in [-0.39, 0.29) is 0 Å². The first kappa shape index (κ1) is 17.5. The van der Waals surface area contributed by atoms with Crippen molar-refractivity contribution in [3.63, 3.8) is 0 Å². The van der Waals surface area contributed by atoms with Crippen LogP contribution in [0.25, 0.3) is 11.8 Å². The number of rotatable bonds is 4. The summed E-state index contributed by atoms with van der Waals surface area (Å²) < 4.78 is 7.68. The maximum atomic E-state index is 5.49. The molecule has 0 aliphatic carbocycles. The Bertz CT molecular complexity index is 714. The van der Waals surface area contributed by atoms with Crippen molar-refractivity contribution in [2.24, 2.45) is 0 Å². The Morgan fingerprint density at radius 2 is 1.46 bits per heavy atom. The average Bonchev–Trinajstić information content (AvgIpc) is 2.62. The number of benzene rings is 2. The van der Waals surface area contributed by atoms with Gasteiger partial charge in [-0.3, -0.25) is 0 Å². The maximum absolute atomic E-state index is 5.49. The van der Waals surface area contributed by atoms with E-state index in [2.05, 4.69) is 104 Å². The van der Waals surface area contributed by atoms with Crippen molar-refractivity contribution < 1.29 is 4.74 Å². The van der Waals surface area contributed by atoms with Crippen LogP contribution in [0.15, 0.2) is 69.6 Å². The molecule has 124 valence electrons. The van der Waals surface area contributed by atoms with E-state index in [1.807, 2.05) is 0 Å². The lowest BCUT2D eigenvalue weighted by Crippen LogP contribution is -2.34. The fraction of sp³-hybridized carbons (Fsp3) is 0.200. The lowest BCUT2D eigenvalue weighted by Gasteiger charge is -2.31. The van der Waals surface area contributed by atoms with Crippen LogP contribution in [0.3, 0.4) is 0 Å². The van der Waals surface area contributed by atoms with E-state index in [1.54, 1.807) is 0 Å². The monoisotopic (exact) mass is 447 g/mol. The van der Waals surface area contributed by atoms with Crippen LogP contribution in [0.5, 0.6) is 0 Å². The van der Waals surface area contributed by atoms with Crippen molar-refractivity contribution in [3.05, 3.63) is 80.8 Å². The minimum atomic E-state index is 0.782. The van der Waals surface area contributed by atoms with Crippen LogP contribution in [-0.4, -0.2) is 31.2 Å². The molecule has 2 aromatic rings. The first-order valence-electron chi connectivity index (χ1n) is 7.95. The molecule has 0 radical (unpaired) electrons. The van der Waals surface area contributed by atoms with E-state index >= 15 is 0 Å². The van der Waals surface area contributed by atoms with Gasteiger partial charge in [0.2, 0.25) is 0 Å². The molecule has 0 N–H and O–H groups in total. The molecule has 0 bridgehead atoms. The minimum Gasteiger partial charge on any atom is -0.378 e. The molecular weight excluding hydrogens is 430 g/mol. The van der Waals surface area contributed by atoms with Gasteiger partial charge in [0, 0.05) is 27.7 Å². The molecule has 1 aliphatic rings. The Labute approximate surface area is 160 Å². The lowest BCUT2D eigenvalue weighted by molar-refractivity contribution is 0.0639. The summed E-state index contributed by atoms with van der Waals surface area (Å²) in [6, 6.07) is 16.8. The normalized spacial score (nSPS) is 15.9. The summed E-state index contributed by atoms with van der Waals surface area (Å²) in [6.45, 7) is 3.41. The number of hydrogen-bond donors (Lipinski definition) is 0. The maximum Gasteiger partial charge on any atom is 0.0642 e. The molecule has 2 nitrogen and oxygen atoms in total. The Hall–Kier alpha value is -1.36. The van der Waals surface area contributed by atoms with Gasteiger partial charge in [-0.25, -0.2) is 0 Å². The van der Waals surface area contributed by atoms with Crippen molar-refractivity contribution in [3.8, 4) is 0 Å². The summed E-state index contributed by atoms with van der Waals surface area (Å²) in [5, 5.41) is 0. The van der Waals surface area contributed by atoms with Crippen LogP contribution in [0.2, 0.25) is 0 Å². The van der Waals surface area contributed by atoms with Crippen LogP contribution < -0.4 is 0 Å². The fourth-order valence-corrected chi connectivity index (χ4v) is 3.16. The van der Waals surface area contributed by atoms with Gasteiger partial charge in [-0.05, 0) is 41.5 Å². The molecule has 0 unspecified atom stereocenters. The van der Waals surface area contributed by atoms with E-state index in [9.17, 15) is 0 Å². The molecule has 0 atom stereocenters. The summed E-state index contributed by atoms with van der Waals surface area (Å²) in [5.74, 6) is 0. The number of allylic oxidation sites excluding steroid dienone is 2. The second-order valence-corrected chi connectivity index (χ2v) is 7.40. The molecule has 1 heterocycles. The third-order valence-corrected chi connectivity index (χ3v) is 4.96. The number of hydrogen-bond acceptors (Lipinski definition) is 2. The van der Waals surface area contributed by atoms with Gasteiger partial charge < -0.3 is 9.64 Å². The molecule has 24 heavy (non-hydrogen) atoms. The van der Waals surface area contributed by atoms with Crippen molar-refractivity contribution in [2.45, 2.75) is 0 Å². The van der Waals surface area contributed by atoms with Crippen LogP contribution >= 0.6 is 31.9 Å². The molecule has 0 spiro atoms. The molecular formula is C20H19Br2NO. The summed E-state index contributed by atoms with van der Waals surface area (Å²) in [4.78, 5) is 2.39. The third kappa shape index (κ3) is 4.82. The standard InChI is InChI=1S/C20H19Br2NO/c21-18-8-4-16(5-9-18)2-1-3-20(23-12-14-24-15-13-23)17-6-10-19(22)11-7-17/h1-11H,12-15H2/b2-1+,20-3+. The predicted octanol–water partition coefficient (Wildman–Crippen LogP) is 5.60. The van der Waals surface area contributed by atoms with Gasteiger partial charge >= 0.3 is 0 Å². The van der Waals surface area contributed by atoms with Gasteiger partial charge in [-0.15, -0.1) is 0 Å². The van der Waals surface area contributed by atoms with E-state index in [0.717, 1.165) is 35.2 Å². The molecule has 1 aliphatic heterocycles. The van der Waals surface area contributed by atoms with E-state index in [0.29, 0.717) is 0 Å². The van der Waals surface area contributed by atoms with E-state index in [1.165, 1.54) is 16.8 Å². The SMILES string of the molecule is Brc1ccc(/C=C/C=C(\c2ccc(Br)cc2)N2CCOCC2)cc1. The molecule has 3 rings (SSSR count). The van der Waals surface area contributed by atoms with Crippen LogP contribution in [0.4, 0.5) is 0 Å². The summed E-state index contributed by atoms with van der Waals surface area (Å²) in [5.41, 5.74) is 3.64. The first-order chi connectivity index (χ1) is 11.7. The summed E-state index contributed by atoms with van der Waals surface area (Å²) >= 11 is 6.98. The molecule has 0 aromatic heterocycles. The molecule has 4 heteroatoms. The highest BCUT2D eigenvalue weighted by molar-refractivity contribution is 9.10. The van der Waals surface area contributed by atoms with Crippen molar-refractivity contribution in [1.29, 1.82) is 0 Å². The Morgan fingerprint density at radius 1 is 0.875 bits per heavy atom. The fourth-order valence-electron chi connectivity index (χ4n) is 2.63. The molecule has 0 amide bonds. The number of ether oxygens (including phenoxy) is 1. The molecule has 2 aromatic carbocycles. The van der Waals surface area contributed by atoms with Crippen LogP contribution in [-0.2, 0) is 4.74 Å². The zero-order chi connectivity index (χ0) is 16.8. The largest absolute Gasteiger partial charge is 0.378 e. The van der Waals surface area contributed by atoms with Crippen molar-refractivity contribution in [1.82, 2.24) is 4.90 Å². The van der Waals surface area contributed by atoms with E-state index < -0.39 is 0 Å². The highest BCUT2D eigenvalue weighted by Crippen LogP contribution is 2.23. The van der Waals surface area contributed by atoms with Gasteiger partial charge in [0.1, 0.15) is 0 Å². The average molecular weight is 449 g/mol. The molecule has 0 saturated carbocycles. The highest BCUT2D eigenvalue weighted by atomic mass is 79.9. The molecule has 1 saturated heterocycles. The zero-order valence-electron chi connectivity index (χ0n) is 13.3. The van der Waals surface area contributed by atoms with Gasteiger partial charge in [0.15, 0.2) is 0 Å². The third-order valence-electron chi connectivity index (χ3n) is 3.90. The summed E-state index contributed by atoms with van der Waals surface area (Å²) in [7, 11) is 0. The zero-order valence-corrected chi connectivity index (χ0v) is 16.5. The highest BCUT2D eigenvalue weighted by Gasteiger charge is 2.14.